The molecule has 0 aromatic heterocycles. The van der Waals surface area contributed by atoms with Crippen LogP contribution >= 0.6 is 0 Å². The third-order valence-electron chi connectivity index (χ3n) is 4.73. The van der Waals surface area contributed by atoms with E-state index in [0.29, 0.717) is 31.5 Å². The molecule has 1 saturated heterocycles. The predicted molar refractivity (Wildman–Crippen MR) is 84.7 cm³/mol. The molecule has 0 unspecified atom stereocenters. The van der Waals surface area contributed by atoms with Gasteiger partial charge in [0.25, 0.3) is 5.91 Å². The van der Waals surface area contributed by atoms with E-state index in [4.69, 9.17) is 0 Å². The van der Waals surface area contributed by atoms with Gasteiger partial charge in [-0.15, -0.1) is 0 Å². The molecule has 2 aliphatic rings. The standard InChI is InChI=1S/C17H21N3O3/c21-14(12-19-15(22)13-6-2-1-3-7-13)20-11-10-18-16(23)17(20)8-4-5-9-17/h1-3,6-7H,4-5,8-12H2,(H,18,23)(H,19,22). The quantitative estimate of drug-likeness (QED) is 0.861. The van der Waals surface area contributed by atoms with E-state index in [1.54, 1.807) is 29.2 Å². The number of carbonyl (C=O) groups excluding carboxylic acids is 3. The number of hydrogen-bond acceptors (Lipinski definition) is 3. The fourth-order valence-electron chi connectivity index (χ4n) is 3.55. The first kappa shape index (κ1) is 15.5. The van der Waals surface area contributed by atoms with E-state index in [9.17, 15) is 14.4 Å². The fourth-order valence-corrected chi connectivity index (χ4v) is 3.55. The molecular formula is C17H21N3O3. The summed E-state index contributed by atoms with van der Waals surface area (Å²) in [6.45, 7) is 0.896. The molecule has 0 radical (unpaired) electrons. The monoisotopic (exact) mass is 315 g/mol. The minimum atomic E-state index is -0.702. The van der Waals surface area contributed by atoms with E-state index < -0.39 is 5.54 Å². The Morgan fingerprint density at radius 2 is 1.87 bits per heavy atom. The lowest BCUT2D eigenvalue weighted by molar-refractivity contribution is -0.150. The second-order valence-electron chi connectivity index (χ2n) is 6.09. The average molecular weight is 315 g/mol. The number of rotatable bonds is 3. The molecule has 0 bridgehead atoms. The fraction of sp³-hybridized carbons (Fsp3) is 0.471. The molecule has 6 nitrogen and oxygen atoms in total. The van der Waals surface area contributed by atoms with Crippen molar-refractivity contribution in [2.24, 2.45) is 0 Å². The second-order valence-corrected chi connectivity index (χ2v) is 6.09. The Morgan fingerprint density at radius 1 is 1.17 bits per heavy atom. The highest BCUT2D eigenvalue weighted by molar-refractivity contribution is 5.98. The minimum Gasteiger partial charge on any atom is -0.352 e. The molecule has 1 spiro atoms. The van der Waals surface area contributed by atoms with Crippen molar-refractivity contribution in [2.45, 2.75) is 31.2 Å². The molecule has 1 aliphatic carbocycles. The van der Waals surface area contributed by atoms with Crippen molar-refractivity contribution in [1.82, 2.24) is 15.5 Å². The summed E-state index contributed by atoms with van der Waals surface area (Å²) >= 11 is 0. The Kier molecular flexibility index (Phi) is 4.32. The highest BCUT2D eigenvalue weighted by Crippen LogP contribution is 2.36. The number of hydrogen-bond donors (Lipinski definition) is 2. The van der Waals surface area contributed by atoms with Crippen LogP contribution < -0.4 is 10.6 Å². The van der Waals surface area contributed by atoms with E-state index in [2.05, 4.69) is 10.6 Å². The minimum absolute atomic E-state index is 0.0519. The van der Waals surface area contributed by atoms with Crippen LogP contribution in [0.1, 0.15) is 36.0 Å². The van der Waals surface area contributed by atoms with Gasteiger partial charge in [-0.2, -0.15) is 0 Å². The summed E-state index contributed by atoms with van der Waals surface area (Å²) in [6.07, 6.45) is 3.32. The molecule has 1 aliphatic heterocycles. The van der Waals surface area contributed by atoms with Crippen LogP contribution in [-0.4, -0.2) is 47.8 Å². The normalized spacial score (nSPS) is 19.5. The maximum atomic E-state index is 12.6. The maximum absolute atomic E-state index is 12.6. The van der Waals surface area contributed by atoms with Crippen molar-refractivity contribution in [2.75, 3.05) is 19.6 Å². The number of amides is 3. The summed E-state index contributed by atoms with van der Waals surface area (Å²) in [5.41, 5.74) is -0.181. The highest BCUT2D eigenvalue weighted by Gasteiger charge is 2.49. The van der Waals surface area contributed by atoms with Crippen LogP contribution in [0.3, 0.4) is 0 Å². The number of carbonyl (C=O) groups is 3. The molecule has 3 rings (SSSR count). The molecule has 1 saturated carbocycles. The van der Waals surface area contributed by atoms with Gasteiger partial charge in [0.2, 0.25) is 11.8 Å². The number of nitrogens with zero attached hydrogens (tertiary/aromatic N) is 1. The highest BCUT2D eigenvalue weighted by atomic mass is 16.2. The van der Waals surface area contributed by atoms with Gasteiger partial charge >= 0.3 is 0 Å². The Balaban J connectivity index is 1.65. The van der Waals surface area contributed by atoms with Crippen molar-refractivity contribution in [1.29, 1.82) is 0 Å². The molecular weight excluding hydrogens is 294 g/mol. The Labute approximate surface area is 135 Å². The SMILES string of the molecule is O=C(NCC(=O)N1CCNC(=O)C12CCCC2)c1ccccc1. The van der Waals surface area contributed by atoms with E-state index in [1.807, 2.05) is 6.07 Å². The molecule has 23 heavy (non-hydrogen) atoms. The van der Waals surface area contributed by atoms with Crippen LogP contribution in [0.5, 0.6) is 0 Å². The Morgan fingerprint density at radius 3 is 2.57 bits per heavy atom. The van der Waals surface area contributed by atoms with E-state index >= 15 is 0 Å². The zero-order valence-corrected chi connectivity index (χ0v) is 13.0. The molecule has 0 atom stereocenters. The van der Waals surface area contributed by atoms with E-state index in [-0.39, 0.29) is 24.3 Å². The van der Waals surface area contributed by atoms with Gasteiger partial charge in [0.05, 0.1) is 6.54 Å². The van der Waals surface area contributed by atoms with Crippen molar-refractivity contribution in [3.8, 4) is 0 Å². The van der Waals surface area contributed by atoms with Crippen LogP contribution in [0, 0.1) is 0 Å². The zero-order valence-electron chi connectivity index (χ0n) is 13.0. The lowest BCUT2D eigenvalue weighted by Gasteiger charge is -2.43. The molecule has 3 amide bonds. The average Bonchev–Trinajstić information content (AvgIpc) is 3.06. The second kappa shape index (κ2) is 6.40. The molecule has 122 valence electrons. The molecule has 2 N–H and O–H groups in total. The van der Waals surface area contributed by atoms with Gasteiger partial charge < -0.3 is 15.5 Å². The molecule has 1 heterocycles. The molecule has 2 fully saturated rings. The largest absolute Gasteiger partial charge is 0.352 e. The van der Waals surface area contributed by atoms with Crippen molar-refractivity contribution in [3.63, 3.8) is 0 Å². The molecule has 6 heteroatoms. The van der Waals surface area contributed by atoms with Gasteiger partial charge in [0.15, 0.2) is 0 Å². The van der Waals surface area contributed by atoms with Crippen LogP contribution in [-0.2, 0) is 9.59 Å². The van der Waals surface area contributed by atoms with Crippen molar-refractivity contribution < 1.29 is 14.4 Å². The first-order valence-corrected chi connectivity index (χ1v) is 8.05. The van der Waals surface area contributed by atoms with Gasteiger partial charge in [-0.3, -0.25) is 14.4 Å². The molecule has 1 aromatic rings. The van der Waals surface area contributed by atoms with Crippen molar-refractivity contribution >= 4 is 17.7 Å². The van der Waals surface area contributed by atoms with Crippen LogP contribution in [0.15, 0.2) is 30.3 Å². The smallest absolute Gasteiger partial charge is 0.251 e. The first-order valence-electron chi connectivity index (χ1n) is 8.05. The number of nitrogens with one attached hydrogen (secondary N) is 2. The molecule has 1 aromatic carbocycles. The van der Waals surface area contributed by atoms with Crippen LogP contribution in [0.25, 0.3) is 0 Å². The van der Waals surface area contributed by atoms with Gasteiger partial charge in [-0.05, 0) is 25.0 Å². The lowest BCUT2D eigenvalue weighted by Crippen LogP contribution is -2.66. The van der Waals surface area contributed by atoms with Crippen LogP contribution in [0.4, 0.5) is 0 Å². The Bertz CT molecular complexity index is 609. The van der Waals surface area contributed by atoms with Gasteiger partial charge in [-0.25, -0.2) is 0 Å². The van der Waals surface area contributed by atoms with Crippen molar-refractivity contribution in [3.05, 3.63) is 35.9 Å². The van der Waals surface area contributed by atoms with Gasteiger partial charge in [0, 0.05) is 18.7 Å². The first-order chi connectivity index (χ1) is 11.1. The summed E-state index contributed by atoms with van der Waals surface area (Å²) in [4.78, 5) is 38.6. The van der Waals surface area contributed by atoms with Crippen LogP contribution in [0.2, 0.25) is 0 Å². The predicted octanol–water partition coefficient (Wildman–Crippen LogP) is 0.688. The summed E-state index contributed by atoms with van der Waals surface area (Å²) in [5.74, 6) is -0.518. The summed E-state index contributed by atoms with van der Waals surface area (Å²) in [7, 11) is 0. The zero-order chi connectivity index (χ0) is 16.3. The summed E-state index contributed by atoms with van der Waals surface area (Å²) in [5, 5.41) is 5.53. The Hall–Kier alpha value is -2.37. The van der Waals surface area contributed by atoms with E-state index in [0.717, 1.165) is 12.8 Å². The maximum Gasteiger partial charge on any atom is 0.251 e. The number of benzene rings is 1. The van der Waals surface area contributed by atoms with Gasteiger partial charge in [-0.1, -0.05) is 31.0 Å². The van der Waals surface area contributed by atoms with E-state index in [1.165, 1.54) is 0 Å². The third-order valence-corrected chi connectivity index (χ3v) is 4.73. The summed E-state index contributed by atoms with van der Waals surface area (Å²) < 4.78 is 0. The summed E-state index contributed by atoms with van der Waals surface area (Å²) in [6, 6.07) is 8.79. The number of piperazine rings is 1. The lowest BCUT2D eigenvalue weighted by atomic mass is 9.91. The van der Waals surface area contributed by atoms with Gasteiger partial charge in [0.1, 0.15) is 5.54 Å². The topological polar surface area (TPSA) is 78.5 Å². The third kappa shape index (κ3) is 2.93.